The van der Waals surface area contributed by atoms with Crippen molar-refractivity contribution in [2.24, 2.45) is 0 Å². The summed E-state index contributed by atoms with van der Waals surface area (Å²) in [6.45, 7) is 1.04. The average molecular weight is 328 g/mol. The van der Waals surface area contributed by atoms with E-state index in [4.69, 9.17) is 0 Å². The first-order valence-corrected chi connectivity index (χ1v) is 8.49. The van der Waals surface area contributed by atoms with E-state index in [0.29, 0.717) is 0 Å². The molecule has 6 heteroatoms. The Bertz CT molecular complexity index is 739. The second kappa shape index (κ2) is 6.36. The van der Waals surface area contributed by atoms with Crippen LogP contribution >= 0.6 is 0 Å². The number of rotatable bonds is 4. The lowest BCUT2D eigenvalue weighted by Gasteiger charge is -2.24. The van der Waals surface area contributed by atoms with Crippen molar-refractivity contribution in [1.82, 2.24) is 9.97 Å². The zero-order valence-corrected chi connectivity index (χ0v) is 13.5. The maximum Gasteiger partial charge on any atom is 0.134 e. The average Bonchev–Trinajstić information content (AvgIpc) is 3.23. The third-order valence-electron chi connectivity index (χ3n) is 5.07. The number of aliphatic hydroxyl groups excluding tert-OH is 1. The van der Waals surface area contributed by atoms with E-state index in [2.05, 4.69) is 20.2 Å². The molecule has 2 N–H and O–H groups in total. The van der Waals surface area contributed by atoms with Crippen molar-refractivity contribution in [3.63, 3.8) is 0 Å². The number of hydrogen-bond donors (Lipinski definition) is 2. The number of benzene rings is 1. The Morgan fingerprint density at radius 1 is 1.29 bits per heavy atom. The van der Waals surface area contributed by atoms with Crippen LogP contribution in [0.3, 0.4) is 0 Å². The SMILES string of the molecule is OCC1CCCN1c1cc(NC2CCc3c(F)cccc32)ncn1. The van der Waals surface area contributed by atoms with E-state index < -0.39 is 0 Å². The Hall–Kier alpha value is -2.21. The molecule has 1 aliphatic heterocycles. The van der Waals surface area contributed by atoms with Crippen LogP contribution in [0.25, 0.3) is 0 Å². The minimum atomic E-state index is -0.122. The number of anilines is 2. The highest BCUT2D eigenvalue weighted by Crippen LogP contribution is 2.35. The van der Waals surface area contributed by atoms with Gasteiger partial charge in [0.1, 0.15) is 23.8 Å². The van der Waals surface area contributed by atoms with Crippen molar-refractivity contribution >= 4 is 11.6 Å². The van der Waals surface area contributed by atoms with Crippen molar-refractivity contribution < 1.29 is 9.50 Å². The van der Waals surface area contributed by atoms with Crippen LogP contribution in [-0.2, 0) is 6.42 Å². The van der Waals surface area contributed by atoms with Crippen LogP contribution in [0.1, 0.15) is 36.4 Å². The molecule has 2 aliphatic rings. The van der Waals surface area contributed by atoms with Crippen LogP contribution < -0.4 is 10.2 Å². The Morgan fingerprint density at radius 3 is 3.08 bits per heavy atom. The van der Waals surface area contributed by atoms with E-state index in [1.165, 1.54) is 6.07 Å². The highest BCUT2D eigenvalue weighted by molar-refractivity contribution is 5.52. The fraction of sp³-hybridized carbons (Fsp3) is 0.444. The molecular weight excluding hydrogens is 307 g/mol. The molecule has 1 saturated heterocycles. The van der Waals surface area contributed by atoms with Crippen molar-refractivity contribution in [2.75, 3.05) is 23.4 Å². The van der Waals surface area contributed by atoms with Crippen LogP contribution in [0.4, 0.5) is 16.0 Å². The maximum absolute atomic E-state index is 13.9. The number of aliphatic hydroxyl groups is 1. The predicted octanol–water partition coefficient (Wildman–Crippen LogP) is 2.68. The molecule has 24 heavy (non-hydrogen) atoms. The summed E-state index contributed by atoms with van der Waals surface area (Å²) in [5.41, 5.74) is 1.83. The van der Waals surface area contributed by atoms with Crippen LogP contribution in [0.15, 0.2) is 30.6 Å². The zero-order valence-electron chi connectivity index (χ0n) is 13.5. The molecule has 0 saturated carbocycles. The van der Waals surface area contributed by atoms with Gasteiger partial charge in [-0.3, -0.25) is 0 Å². The number of fused-ring (bicyclic) bond motifs is 1. The lowest BCUT2D eigenvalue weighted by molar-refractivity contribution is 0.266. The summed E-state index contributed by atoms with van der Waals surface area (Å²) in [5, 5.41) is 12.9. The van der Waals surface area contributed by atoms with Crippen molar-refractivity contribution in [1.29, 1.82) is 0 Å². The second-order valence-corrected chi connectivity index (χ2v) is 6.48. The first-order valence-electron chi connectivity index (χ1n) is 8.49. The third-order valence-corrected chi connectivity index (χ3v) is 5.07. The van der Waals surface area contributed by atoms with Gasteiger partial charge in [0.25, 0.3) is 0 Å². The highest BCUT2D eigenvalue weighted by atomic mass is 19.1. The minimum absolute atomic E-state index is 0.0747. The fourth-order valence-corrected chi connectivity index (χ4v) is 3.85. The van der Waals surface area contributed by atoms with E-state index in [0.717, 1.165) is 55.0 Å². The molecule has 2 aromatic rings. The topological polar surface area (TPSA) is 61.3 Å². The molecule has 5 nitrogen and oxygen atoms in total. The van der Waals surface area contributed by atoms with E-state index >= 15 is 0 Å². The first kappa shape index (κ1) is 15.3. The van der Waals surface area contributed by atoms with E-state index in [-0.39, 0.29) is 24.5 Å². The second-order valence-electron chi connectivity index (χ2n) is 6.48. The van der Waals surface area contributed by atoms with Gasteiger partial charge in [0, 0.05) is 12.6 Å². The zero-order chi connectivity index (χ0) is 16.5. The first-order chi connectivity index (χ1) is 11.8. The maximum atomic E-state index is 13.9. The lowest BCUT2D eigenvalue weighted by Crippen LogP contribution is -2.32. The van der Waals surface area contributed by atoms with Crippen LogP contribution in [0.2, 0.25) is 0 Å². The van der Waals surface area contributed by atoms with Gasteiger partial charge < -0.3 is 15.3 Å². The van der Waals surface area contributed by atoms with Crippen molar-refractivity contribution in [3.05, 3.63) is 47.5 Å². The number of nitrogens with zero attached hydrogens (tertiary/aromatic N) is 3. The summed E-state index contributed by atoms with van der Waals surface area (Å²) in [6.07, 6.45) is 5.20. The molecular formula is C18H21FN4O. The standard InChI is InChI=1S/C18H21FN4O/c19-15-5-1-4-14-13(15)6-7-16(14)22-17-9-18(21-11-20-17)23-8-2-3-12(23)10-24/h1,4-5,9,11-12,16,24H,2-3,6-8,10H2,(H,20,21,22). The van der Waals surface area contributed by atoms with Gasteiger partial charge in [-0.2, -0.15) is 0 Å². The van der Waals surface area contributed by atoms with Gasteiger partial charge in [0.2, 0.25) is 0 Å². The lowest BCUT2D eigenvalue weighted by atomic mass is 10.1. The molecule has 2 unspecified atom stereocenters. The number of nitrogens with one attached hydrogen (secondary N) is 1. The summed E-state index contributed by atoms with van der Waals surface area (Å²) in [5.74, 6) is 1.45. The summed E-state index contributed by atoms with van der Waals surface area (Å²) in [6, 6.07) is 7.39. The van der Waals surface area contributed by atoms with Gasteiger partial charge in [-0.05, 0) is 42.9 Å². The van der Waals surface area contributed by atoms with E-state index in [9.17, 15) is 9.50 Å². The summed E-state index contributed by atoms with van der Waals surface area (Å²) >= 11 is 0. The normalized spacial score (nSPS) is 22.7. The number of halogens is 1. The number of hydrogen-bond acceptors (Lipinski definition) is 5. The van der Waals surface area contributed by atoms with E-state index in [1.54, 1.807) is 12.4 Å². The predicted molar refractivity (Wildman–Crippen MR) is 90.6 cm³/mol. The largest absolute Gasteiger partial charge is 0.394 e. The van der Waals surface area contributed by atoms with Crippen LogP contribution in [-0.4, -0.2) is 34.3 Å². The number of aromatic nitrogens is 2. The van der Waals surface area contributed by atoms with Gasteiger partial charge in [-0.1, -0.05) is 12.1 Å². The Labute approximate surface area is 140 Å². The van der Waals surface area contributed by atoms with Gasteiger partial charge in [0.15, 0.2) is 0 Å². The van der Waals surface area contributed by atoms with Crippen molar-refractivity contribution in [3.8, 4) is 0 Å². The quantitative estimate of drug-likeness (QED) is 0.903. The molecule has 126 valence electrons. The van der Waals surface area contributed by atoms with Crippen LogP contribution in [0.5, 0.6) is 0 Å². The molecule has 1 aliphatic carbocycles. The molecule has 2 heterocycles. The molecule has 1 aromatic heterocycles. The Balaban J connectivity index is 1.55. The molecule has 0 amide bonds. The van der Waals surface area contributed by atoms with Gasteiger partial charge in [-0.25, -0.2) is 14.4 Å². The van der Waals surface area contributed by atoms with Crippen LogP contribution in [0, 0.1) is 5.82 Å². The molecule has 0 bridgehead atoms. The van der Waals surface area contributed by atoms with Gasteiger partial charge in [0.05, 0.1) is 18.7 Å². The van der Waals surface area contributed by atoms with E-state index in [1.807, 2.05) is 12.1 Å². The van der Waals surface area contributed by atoms with Gasteiger partial charge >= 0.3 is 0 Å². The molecule has 0 radical (unpaired) electrons. The summed E-state index contributed by atoms with van der Waals surface area (Å²) in [4.78, 5) is 10.8. The Kier molecular flexibility index (Phi) is 4.06. The molecule has 1 aromatic carbocycles. The van der Waals surface area contributed by atoms with Crippen molar-refractivity contribution in [2.45, 2.75) is 37.8 Å². The van der Waals surface area contributed by atoms with Gasteiger partial charge in [-0.15, -0.1) is 0 Å². The molecule has 4 rings (SSSR count). The monoisotopic (exact) mass is 328 g/mol. The smallest absolute Gasteiger partial charge is 0.134 e. The minimum Gasteiger partial charge on any atom is -0.394 e. The fourth-order valence-electron chi connectivity index (χ4n) is 3.85. The Morgan fingerprint density at radius 2 is 2.21 bits per heavy atom. The third kappa shape index (κ3) is 2.71. The molecule has 2 atom stereocenters. The molecule has 1 fully saturated rings. The molecule has 0 spiro atoms. The highest BCUT2D eigenvalue weighted by Gasteiger charge is 2.27. The summed E-state index contributed by atoms with van der Waals surface area (Å²) < 4.78 is 13.9. The summed E-state index contributed by atoms with van der Waals surface area (Å²) in [7, 11) is 0.